The number of nitrogens with one attached hydrogen (secondary N) is 1. The molecule has 1 saturated carbocycles. The summed E-state index contributed by atoms with van der Waals surface area (Å²) in [5, 5.41) is 6.76. The molecule has 1 amide bonds. The second kappa shape index (κ2) is 8.28. The number of carbonyl (C=O) groups excluding carboxylic acids is 1. The number of hydrogen-bond acceptors (Lipinski definition) is 3. The highest BCUT2D eigenvalue weighted by Crippen LogP contribution is 2.35. The van der Waals surface area contributed by atoms with E-state index in [0.717, 1.165) is 37.3 Å². The Hall–Kier alpha value is -2.97. The summed E-state index contributed by atoms with van der Waals surface area (Å²) < 4.78 is 55.0. The van der Waals surface area contributed by atoms with E-state index in [1.165, 1.54) is 36.5 Å². The van der Waals surface area contributed by atoms with E-state index in [4.69, 9.17) is 0 Å². The molecule has 5 nitrogen and oxygen atoms in total. The van der Waals surface area contributed by atoms with E-state index in [1.807, 2.05) is 0 Å². The van der Waals surface area contributed by atoms with Gasteiger partial charge in [0.1, 0.15) is 12.1 Å². The lowest BCUT2D eigenvalue weighted by Crippen LogP contribution is -2.28. The van der Waals surface area contributed by atoms with Crippen LogP contribution in [0.5, 0.6) is 0 Å². The van der Waals surface area contributed by atoms with Gasteiger partial charge >= 0.3 is 6.18 Å². The highest BCUT2D eigenvalue weighted by atomic mass is 19.4. The standard InChI is InChI=1S/C22H22F4N4O/c1-13(16-8-5-9-18(19(16)23)22(24,25)26)29-21(31)15-10-17(14-6-3-2-4-7-14)20-27-12-28-30(20)11-15/h5,8-14H,2-4,6-7H2,1H3,(H,29,31)/t13-/m1/s1. The number of alkyl halides is 3. The maximum absolute atomic E-state index is 14.5. The molecule has 1 aromatic carbocycles. The molecule has 4 rings (SSSR count). The molecule has 9 heteroatoms. The molecule has 1 atom stereocenters. The number of hydrogen-bond donors (Lipinski definition) is 1. The zero-order valence-corrected chi connectivity index (χ0v) is 16.9. The molecule has 1 aliphatic carbocycles. The smallest absolute Gasteiger partial charge is 0.345 e. The number of halogens is 4. The molecule has 0 spiro atoms. The monoisotopic (exact) mass is 434 g/mol. The zero-order valence-electron chi connectivity index (χ0n) is 16.9. The lowest BCUT2D eigenvalue weighted by Gasteiger charge is -2.23. The molecule has 0 bridgehead atoms. The molecule has 0 saturated heterocycles. The first-order chi connectivity index (χ1) is 14.8. The lowest BCUT2D eigenvalue weighted by atomic mass is 9.84. The number of nitrogens with zero attached hydrogens (tertiary/aromatic N) is 3. The van der Waals surface area contributed by atoms with Crippen molar-refractivity contribution in [2.75, 3.05) is 0 Å². The third-order valence-corrected chi connectivity index (χ3v) is 5.86. The molecular formula is C22H22F4N4O. The van der Waals surface area contributed by atoms with E-state index < -0.39 is 29.5 Å². The number of fused-ring (bicyclic) bond motifs is 1. The van der Waals surface area contributed by atoms with Crippen molar-refractivity contribution in [3.63, 3.8) is 0 Å². The van der Waals surface area contributed by atoms with Crippen molar-refractivity contribution in [1.82, 2.24) is 19.9 Å². The van der Waals surface area contributed by atoms with Crippen LogP contribution in [0.4, 0.5) is 17.6 Å². The van der Waals surface area contributed by atoms with Crippen molar-refractivity contribution >= 4 is 11.6 Å². The molecule has 0 aliphatic heterocycles. The summed E-state index contributed by atoms with van der Waals surface area (Å²) in [6.07, 6.45) is 3.53. The highest BCUT2D eigenvalue weighted by Gasteiger charge is 2.35. The van der Waals surface area contributed by atoms with Crippen LogP contribution in [0.25, 0.3) is 5.65 Å². The maximum Gasteiger partial charge on any atom is 0.419 e. The van der Waals surface area contributed by atoms with Crippen molar-refractivity contribution in [3.05, 3.63) is 64.9 Å². The van der Waals surface area contributed by atoms with Gasteiger partial charge in [-0.15, -0.1) is 0 Å². The van der Waals surface area contributed by atoms with Crippen LogP contribution in [-0.2, 0) is 6.18 Å². The van der Waals surface area contributed by atoms with E-state index in [0.29, 0.717) is 17.3 Å². The fourth-order valence-corrected chi connectivity index (χ4v) is 4.25. The Morgan fingerprint density at radius 2 is 1.97 bits per heavy atom. The van der Waals surface area contributed by atoms with Crippen LogP contribution in [-0.4, -0.2) is 20.5 Å². The number of rotatable bonds is 4. The Kier molecular flexibility index (Phi) is 5.68. The average molecular weight is 434 g/mol. The molecular weight excluding hydrogens is 412 g/mol. The summed E-state index contributed by atoms with van der Waals surface area (Å²) in [5.41, 5.74) is 0.355. The van der Waals surface area contributed by atoms with Gasteiger partial charge in [-0.3, -0.25) is 4.79 Å². The minimum atomic E-state index is -4.81. The zero-order chi connectivity index (χ0) is 22.2. The predicted octanol–water partition coefficient (Wildman–Crippen LogP) is 5.43. The quantitative estimate of drug-likeness (QED) is 0.558. The van der Waals surface area contributed by atoms with Gasteiger partial charge in [0, 0.05) is 17.3 Å². The largest absolute Gasteiger partial charge is 0.419 e. The topological polar surface area (TPSA) is 59.3 Å². The van der Waals surface area contributed by atoms with Gasteiger partial charge in [-0.2, -0.15) is 18.3 Å². The van der Waals surface area contributed by atoms with Gasteiger partial charge < -0.3 is 5.32 Å². The van der Waals surface area contributed by atoms with Gasteiger partial charge in [0.15, 0.2) is 5.65 Å². The Bertz CT molecular complexity index is 1100. The van der Waals surface area contributed by atoms with Crippen molar-refractivity contribution in [2.45, 2.75) is 57.2 Å². The SMILES string of the molecule is C[C@@H](NC(=O)c1cc(C2CCCCC2)c2ncnn2c1)c1cccc(C(F)(F)F)c1F. The van der Waals surface area contributed by atoms with E-state index in [1.54, 1.807) is 6.07 Å². The van der Waals surface area contributed by atoms with Crippen molar-refractivity contribution in [3.8, 4) is 0 Å². The predicted molar refractivity (Wildman–Crippen MR) is 106 cm³/mol. The van der Waals surface area contributed by atoms with Crippen LogP contribution in [0.1, 0.15) is 78.0 Å². The summed E-state index contributed by atoms with van der Waals surface area (Å²) in [5.74, 6) is -1.62. The average Bonchev–Trinajstić information content (AvgIpc) is 3.21. The first kappa shape index (κ1) is 21.3. The summed E-state index contributed by atoms with van der Waals surface area (Å²) >= 11 is 0. The minimum Gasteiger partial charge on any atom is -0.345 e. The van der Waals surface area contributed by atoms with Crippen LogP contribution < -0.4 is 5.32 Å². The van der Waals surface area contributed by atoms with Gasteiger partial charge in [0.05, 0.1) is 17.2 Å². The summed E-state index contributed by atoms with van der Waals surface area (Å²) in [6, 6.07) is 3.86. The molecule has 2 heterocycles. The Morgan fingerprint density at radius 3 is 2.68 bits per heavy atom. The molecule has 1 fully saturated rings. The molecule has 164 valence electrons. The van der Waals surface area contributed by atoms with Crippen molar-refractivity contribution in [1.29, 1.82) is 0 Å². The molecule has 3 aromatic rings. The number of carbonyl (C=O) groups is 1. The van der Waals surface area contributed by atoms with E-state index in [2.05, 4.69) is 15.4 Å². The van der Waals surface area contributed by atoms with Crippen LogP contribution in [0.3, 0.4) is 0 Å². The maximum atomic E-state index is 14.5. The molecule has 0 unspecified atom stereocenters. The van der Waals surface area contributed by atoms with Crippen LogP contribution in [0.15, 0.2) is 36.8 Å². The van der Waals surface area contributed by atoms with Crippen molar-refractivity contribution in [2.24, 2.45) is 0 Å². The van der Waals surface area contributed by atoms with Crippen molar-refractivity contribution < 1.29 is 22.4 Å². The fourth-order valence-electron chi connectivity index (χ4n) is 4.25. The van der Waals surface area contributed by atoms with E-state index in [9.17, 15) is 22.4 Å². The van der Waals surface area contributed by atoms with Crippen LogP contribution in [0.2, 0.25) is 0 Å². The van der Waals surface area contributed by atoms with E-state index in [-0.39, 0.29) is 11.5 Å². The van der Waals surface area contributed by atoms with Crippen LogP contribution in [0, 0.1) is 5.82 Å². The van der Waals surface area contributed by atoms with Gasteiger partial charge in [0.25, 0.3) is 5.91 Å². The second-order valence-corrected chi connectivity index (χ2v) is 7.95. The first-order valence-corrected chi connectivity index (χ1v) is 10.3. The number of pyridine rings is 1. The van der Waals surface area contributed by atoms with Gasteiger partial charge in [-0.05, 0) is 37.8 Å². The normalized spacial score (nSPS) is 16.4. The minimum absolute atomic E-state index is 0.225. The van der Waals surface area contributed by atoms with E-state index >= 15 is 0 Å². The summed E-state index contributed by atoms with van der Waals surface area (Å²) in [7, 11) is 0. The lowest BCUT2D eigenvalue weighted by molar-refractivity contribution is -0.140. The summed E-state index contributed by atoms with van der Waals surface area (Å²) in [4.78, 5) is 17.2. The Balaban J connectivity index is 1.62. The Morgan fingerprint density at radius 1 is 1.23 bits per heavy atom. The molecule has 1 N–H and O–H groups in total. The molecule has 1 aliphatic rings. The summed E-state index contributed by atoms with van der Waals surface area (Å²) in [6.45, 7) is 1.45. The fraction of sp³-hybridized carbons (Fsp3) is 0.409. The molecule has 2 aromatic heterocycles. The Labute approximate surface area is 176 Å². The molecule has 0 radical (unpaired) electrons. The van der Waals surface area contributed by atoms with Gasteiger partial charge in [-0.25, -0.2) is 13.9 Å². The number of benzene rings is 1. The first-order valence-electron chi connectivity index (χ1n) is 10.3. The van der Waals surface area contributed by atoms with Gasteiger partial charge in [0.2, 0.25) is 0 Å². The third-order valence-electron chi connectivity index (χ3n) is 5.86. The third kappa shape index (κ3) is 4.26. The van der Waals surface area contributed by atoms with Crippen LogP contribution >= 0.6 is 0 Å². The number of amides is 1. The highest BCUT2D eigenvalue weighted by molar-refractivity contribution is 5.94. The second-order valence-electron chi connectivity index (χ2n) is 7.95. The number of aromatic nitrogens is 3. The van der Waals surface area contributed by atoms with Gasteiger partial charge in [-0.1, -0.05) is 31.4 Å². The molecule has 31 heavy (non-hydrogen) atoms.